The second-order valence-corrected chi connectivity index (χ2v) is 8.09. The lowest BCUT2D eigenvalue weighted by Gasteiger charge is -2.24. The van der Waals surface area contributed by atoms with Crippen molar-refractivity contribution in [2.24, 2.45) is 11.8 Å². The molecule has 0 aliphatic heterocycles. The average molecular weight is 359 g/mol. The summed E-state index contributed by atoms with van der Waals surface area (Å²) in [7, 11) is 1.60. The van der Waals surface area contributed by atoms with Crippen LogP contribution in [0.5, 0.6) is 5.75 Å². The van der Waals surface area contributed by atoms with Gasteiger partial charge in [0.15, 0.2) is 5.78 Å². The van der Waals surface area contributed by atoms with Crippen molar-refractivity contribution in [3.05, 3.63) is 30.0 Å². The lowest BCUT2D eigenvalue weighted by molar-refractivity contribution is -0.160. The van der Waals surface area contributed by atoms with Crippen molar-refractivity contribution < 1.29 is 19.1 Å². The molecule has 0 unspecified atom stereocenters. The number of esters is 1. The molecule has 142 valence electrons. The van der Waals surface area contributed by atoms with Crippen molar-refractivity contribution in [3.63, 3.8) is 0 Å². The summed E-state index contributed by atoms with van der Waals surface area (Å²) < 4.78 is 10.9. The lowest BCUT2D eigenvalue weighted by Crippen LogP contribution is -2.30. The van der Waals surface area contributed by atoms with E-state index in [1.165, 1.54) is 0 Å². The van der Waals surface area contributed by atoms with E-state index in [2.05, 4.69) is 4.98 Å². The summed E-state index contributed by atoms with van der Waals surface area (Å²) in [4.78, 5) is 28.5. The van der Waals surface area contributed by atoms with Crippen molar-refractivity contribution in [3.8, 4) is 5.75 Å². The molecule has 0 spiro atoms. The van der Waals surface area contributed by atoms with E-state index in [9.17, 15) is 9.59 Å². The maximum absolute atomic E-state index is 12.8. The van der Waals surface area contributed by atoms with Crippen molar-refractivity contribution in [1.82, 2.24) is 4.98 Å². The third-order valence-corrected chi connectivity index (χ3v) is 4.07. The van der Waals surface area contributed by atoms with Gasteiger partial charge in [-0.3, -0.25) is 9.59 Å². The highest BCUT2D eigenvalue weighted by Gasteiger charge is 2.29. The molecule has 0 amide bonds. The van der Waals surface area contributed by atoms with E-state index >= 15 is 0 Å². The Morgan fingerprint density at radius 1 is 1.19 bits per heavy atom. The fourth-order valence-electron chi connectivity index (χ4n) is 3.01. The van der Waals surface area contributed by atoms with Crippen LogP contribution in [0.4, 0.5) is 0 Å². The molecular formula is C21H29NO4. The number of Topliss-reactive ketones (excluding diaryl/α,β-unsaturated/α-hetero) is 1. The summed E-state index contributed by atoms with van der Waals surface area (Å²) in [5.41, 5.74) is 0.760. The molecule has 1 aromatic carbocycles. The summed E-state index contributed by atoms with van der Waals surface area (Å²) in [6.45, 7) is 9.58. The van der Waals surface area contributed by atoms with Gasteiger partial charge in [-0.1, -0.05) is 19.9 Å². The van der Waals surface area contributed by atoms with Crippen LogP contribution in [0.25, 0.3) is 10.9 Å². The Balaban J connectivity index is 2.22. The molecule has 5 heteroatoms. The van der Waals surface area contributed by atoms with Gasteiger partial charge in [0.2, 0.25) is 0 Å². The average Bonchev–Trinajstić information content (AvgIpc) is 2.96. The highest BCUT2D eigenvalue weighted by atomic mass is 16.6. The van der Waals surface area contributed by atoms with E-state index in [0.29, 0.717) is 23.8 Å². The number of aromatic amines is 1. The predicted molar refractivity (Wildman–Crippen MR) is 103 cm³/mol. The zero-order valence-corrected chi connectivity index (χ0v) is 16.5. The second kappa shape index (κ2) is 7.94. The number of H-pyrrole nitrogens is 1. The van der Waals surface area contributed by atoms with Gasteiger partial charge in [0, 0.05) is 17.3 Å². The highest BCUT2D eigenvalue weighted by molar-refractivity contribution is 6.02. The molecule has 1 aromatic heterocycles. The van der Waals surface area contributed by atoms with Crippen molar-refractivity contribution in [1.29, 1.82) is 0 Å². The number of carbonyl (C=O) groups is 2. The molecule has 0 bridgehead atoms. The number of ether oxygens (including phenoxy) is 2. The van der Waals surface area contributed by atoms with Gasteiger partial charge in [0.25, 0.3) is 0 Å². The molecule has 5 nitrogen and oxygen atoms in total. The maximum Gasteiger partial charge on any atom is 0.309 e. The van der Waals surface area contributed by atoms with Crippen LogP contribution in [0.15, 0.2) is 24.3 Å². The number of aromatic nitrogens is 1. The Morgan fingerprint density at radius 2 is 1.88 bits per heavy atom. The van der Waals surface area contributed by atoms with E-state index in [0.717, 1.165) is 10.9 Å². The van der Waals surface area contributed by atoms with Gasteiger partial charge in [-0.2, -0.15) is 0 Å². The molecule has 2 rings (SSSR count). The number of fused-ring (bicyclic) bond motifs is 1. The summed E-state index contributed by atoms with van der Waals surface area (Å²) in [5.74, 6) is 0.148. The van der Waals surface area contributed by atoms with Gasteiger partial charge >= 0.3 is 5.97 Å². The predicted octanol–water partition coefficient (Wildman–Crippen LogP) is 4.75. The van der Waals surface area contributed by atoms with Crippen molar-refractivity contribution in [2.45, 2.75) is 53.1 Å². The Kier molecular flexibility index (Phi) is 6.11. The highest BCUT2D eigenvalue weighted by Crippen LogP contribution is 2.28. The third-order valence-electron chi connectivity index (χ3n) is 4.07. The van der Waals surface area contributed by atoms with Gasteiger partial charge in [0.05, 0.1) is 18.7 Å². The third kappa shape index (κ3) is 5.10. The Labute approximate surface area is 155 Å². The van der Waals surface area contributed by atoms with Crippen LogP contribution >= 0.6 is 0 Å². The van der Waals surface area contributed by atoms with Crippen LogP contribution in [0.3, 0.4) is 0 Å². The standard InChI is InChI=1S/C21H29NO4/c1-13(2)10-14(20(24)26-21(3,4)5)11-18(23)17-12-15-16(22-17)8-7-9-19(15)25-6/h7-9,12-14,22H,10-11H2,1-6H3/t14-/m1/s1. The molecule has 0 aliphatic carbocycles. The molecule has 0 fully saturated rings. The molecule has 1 N–H and O–H groups in total. The number of benzene rings is 1. The van der Waals surface area contributed by atoms with E-state index in [4.69, 9.17) is 9.47 Å². The van der Waals surface area contributed by atoms with Crippen LogP contribution in [0, 0.1) is 11.8 Å². The van der Waals surface area contributed by atoms with E-state index < -0.39 is 11.5 Å². The minimum absolute atomic E-state index is 0.0974. The molecule has 0 saturated heterocycles. The van der Waals surface area contributed by atoms with Gasteiger partial charge in [-0.15, -0.1) is 0 Å². The van der Waals surface area contributed by atoms with Gasteiger partial charge in [-0.05, 0) is 51.3 Å². The summed E-state index contributed by atoms with van der Waals surface area (Å²) in [6.07, 6.45) is 0.742. The first-order valence-electron chi connectivity index (χ1n) is 9.02. The molecule has 2 aromatic rings. The zero-order valence-electron chi connectivity index (χ0n) is 16.5. The normalized spacial score (nSPS) is 13.0. The molecule has 1 atom stereocenters. The minimum Gasteiger partial charge on any atom is -0.496 e. The number of methoxy groups -OCH3 is 1. The monoisotopic (exact) mass is 359 g/mol. The van der Waals surface area contributed by atoms with Crippen LogP contribution < -0.4 is 4.74 Å². The van der Waals surface area contributed by atoms with Crippen LogP contribution in [-0.2, 0) is 9.53 Å². The van der Waals surface area contributed by atoms with Crippen LogP contribution in [-0.4, -0.2) is 29.4 Å². The summed E-state index contributed by atoms with van der Waals surface area (Å²) >= 11 is 0. The van der Waals surface area contributed by atoms with E-state index in [-0.39, 0.29) is 18.2 Å². The first-order chi connectivity index (χ1) is 12.1. The molecular weight excluding hydrogens is 330 g/mol. The van der Waals surface area contributed by atoms with Crippen LogP contribution in [0.2, 0.25) is 0 Å². The minimum atomic E-state index is -0.566. The molecule has 26 heavy (non-hydrogen) atoms. The van der Waals surface area contributed by atoms with Gasteiger partial charge in [0.1, 0.15) is 11.4 Å². The van der Waals surface area contributed by atoms with Crippen LogP contribution in [0.1, 0.15) is 57.9 Å². The summed E-state index contributed by atoms with van der Waals surface area (Å²) in [5, 5.41) is 0.857. The molecule has 1 heterocycles. The topological polar surface area (TPSA) is 68.4 Å². The number of hydrogen-bond acceptors (Lipinski definition) is 4. The maximum atomic E-state index is 12.8. The Hall–Kier alpha value is -2.30. The van der Waals surface area contributed by atoms with E-state index in [1.807, 2.05) is 52.8 Å². The number of nitrogens with one attached hydrogen (secondary N) is 1. The van der Waals surface area contributed by atoms with Crippen molar-refractivity contribution >= 4 is 22.7 Å². The van der Waals surface area contributed by atoms with E-state index in [1.54, 1.807) is 13.2 Å². The molecule has 0 saturated carbocycles. The summed E-state index contributed by atoms with van der Waals surface area (Å²) in [6, 6.07) is 7.41. The SMILES string of the molecule is COc1cccc2[nH]c(C(=O)C[C@@H](CC(C)C)C(=O)OC(C)(C)C)cc12. The smallest absolute Gasteiger partial charge is 0.309 e. The molecule has 0 radical (unpaired) electrons. The zero-order chi connectivity index (χ0) is 19.5. The lowest BCUT2D eigenvalue weighted by atomic mass is 9.91. The van der Waals surface area contributed by atoms with Gasteiger partial charge in [-0.25, -0.2) is 0 Å². The fourth-order valence-corrected chi connectivity index (χ4v) is 3.01. The second-order valence-electron chi connectivity index (χ2n) is 8.09. The Morgan fingerprint density at radius 3 is 2.46 bits per heavy atom. The number of rotatable bonds is 7. The largest absolute Gasteiger partial charge is 0.496 e. The number of hydrogen-bond donors (Lipinski definition) is 1. The quantitative estimate of drug-likeness (QED) is 0.572. The first-order valence-corrected chi connectivity index (χ1v) is 9.02. The first kappa shape index (κ1) is 20.0. The Bertz CT molecular complexity index is 783. The number of carbonyl (C=O) groups excluding carboxylic acids is 2. The number of ketones is 1. The fraction of sp³-hybridized carbons (Fsp3) is 0.524. The van der Waals surface area contributed by atoms with Crippen molar-refractivity contribution in [2.75, 3.05) is 7.11 Å². The molecule has 0 aliphatic rings. The van der Waals surface area contributed by atoms with Gasteiger partial charge < -0.3 is 14.5 Å².